The number of amides is 1. The molecule has 0 radical (unpaired) electrons. The van der Waals surface area contributed by atoms with Gasteiger partial charge in [0.1, 0.15) is 11.5 Å². The number of carboxylic acids is 3. The van der Waals surface area contributed by atoms with Crippen molar-refractivity contribution >= 4 is 29.5 Å². The molecular weight excluding hydrogens is 362 g/mol. The molecule has 0 spiro atoms. The van der Waals surface area contributed by atoms with Crippen LogP contribution in [0.4, 0.5) is 5.69 Å². The molecule has 0 bridgehead atoms. The number of benzene rings is 2. The molecule has 10 heteroatoms. The van der Waals surface area contributed by atoms with E-state index in [0.29, 0.717) is 0 Å². The number of aromatic hydroxyl groups is 2. The van der Waals surface area contributed by atoms with Crippen LogP contribution in [0.25, 0.3) is 0 Å². The Morgan fingerprint density at radius 1 is 0.815 bits per heavy atom. The van der Waals surface area contributed by atoms with E-state index in [2.05, 4.69) is 5.32 Å². The van der Waals surface area contributed by atoms with Gasteiger partial charge >= 0.3 is 17.9 Å². The van der Waals surface area contributed by atoms with E-state index in [1.807, 2.05) is 0 Å². The molecule has 0 unspecified atom stereocenters. The molecule has 2 aromatic carbocycles. The molecule has 0 saturated heterocycles. The quantitative estimate of drug-likeness (QED) is 0.406. The van der Waals surface area contributed by atoms with Gasteiger partial charge in [-0.2, -0.15) is 0 Å². The standard InChI is InChI=1S/C17H13NO9/c19-12-6-10(13(20)4-8(12)5-14(21)22)15(23)18-11-3-7(16(24)25)1-2-9(11)17(26)27/h1-4,6,19-20H,5H2,(H,18,23)(H,21,22)(H,24,25)(H,26,27). The maximum absolute atomic E-state index is 12.3. The monoisotopic (exact) mass is 375 g/mol. The molecule has 2 rings (SSSR count). The zero-order valence-electron chi connectivity index (χ0n) is 13.5. The summed E-state index contributed by atoms with van der Waals surface area (Å²) in [6, 6.07) is 4.69. The highest BCUT2D eigenvalue weighted by molar-refractivity contribution is 6.10. The third kappa shape index (κ3) is 4.31. The lowest BCUT2D eigenvalue weighted by Gasteiger charge is -2.12. The van der Waals surface area contributed by atoms with Gasteiger partial charge in [0.15, 0.2) is 0 Å². The average molecular weight is 375 g/mol. The summed E-state index contributed by atoms with van der Waals surface area (Å²) in [7, 11) is 0. The number of carboxylic acid groups (broad SMARTS) is 3. The SMILES string of the molecule is O=C(O)Cc1cc(O)c(C(=O)Nc2cc(C(=O)O)ccc2C(=O)O)cc1O. The number of hydrogen-bond donors (Lipinski definition) is 6. The van der Waals surface area contributed by atoms with Crippen molar-refractivity contribution in [2.24, 2.45) is 0 Å². The molecule has 0 atom stereocenters. The summed E-state index contributed by atoms with van der Waals surface area (Å²) in [5.41, 5.74) is -1.59. The largest absolute Gasteiger partial charge is 0.508 e. The van der Waals surface area contributed by atoms with Crippen LogP contribution in [0.2, 0.25) is 0 Å². The van der Waals surface area contributed by atoms with Crippen molar-refractivity contribution in [2.45, 2.75) is 6.42 Å². The first kappa shape index (κ1) is 19.2. The van der Waals surface area contributed by atoms with Gasteiger partial charge in [-0.25, -0.2) is 9.59 Å². The molecule has 0 aliphatic carbocycles. The number of aromatic carboxylic acids is 2. The van der Waals surface area contributed by atoms with Crippen LogP contribution in [0.1, 0.15) is 36.6 Å². The molecular formula is C17H13NO9. The van der Waals surface area contributed by atoms with Crippen LogP contribution in [0.3, 0.4) is 0 Å². The second-order valence-corrected chi connectivity index (χ2v) is 5.39. The Bertz CT molecular complexity index is 965. The van der Waals surface area contributed by atoms with Crippen LogP contribution in [0.15, 0.2) is 30.3 Å². The molecule has 1 amide bonds. The fourth-order valence-corrected chi connectivity index (χ4v) is 2.26. The van der Waals surface area contributed by atoms with Crippen LogP contribution in [0.5, 0.6) is 11.5 Å². The maximum Gasteiger partial charge on any atom is 0.337 e. The van der Waals surface area contributed by atoms with Gasteiger partial charge in [0, 0.05) is 5.56 Å². The summed E-state index contributed by atoms with van der Waals surface area (Å²) in [6.45, 7) is 0. The molecule has 140 valence electrons. The summed E-state index contributed by atoms with van der Waals surface area (Å²) < 4.78 is 0. The minimum Gasteiger partial charge on any atom is -0.508 e. The van der Waals surface area contributed by atoms with E-state index in [1.54, 1.807) is 0 Å². The minimum atomic E-state index is -1.42. The molecule has 0 heterocycles. The number of rotatable bonds is 6. The number of phenols is 2. The molecule has 6 N–H and O–H groups in total. The lowest BCUT2D eigenvalue weighted by molar-refractivity contribution is -0.136. The Morgan fingerprint density at radius 3 is 2.04 bits per heavy atom. The summed E-state index contributed by atoms with van der Waals surface area (Å²) >= 11 is 0. The van der Waals surface area contributed by atoms with Crippen LogP contribution in [-0.2, 0) is 11.2 Å². The van der Waals surface area contributed by atoms with E-state index in [0.717, 1.165) is 30.3 Å². The molecule has 0 aliphatic rings. The number of anilines is 1. The number of phenolic OH excluding ortho intramolecular Hbond substituents is 2. The first-order valence-corrected chi connectivity index (χ1v) is 7.28. The van der Waals surface area contributed by atoms with Crippen molar-refractivity contribution < 1.29 is 44.7 Å². The molecule has 0 aliphatic heterocycles. The predicted molar refractivity (Wildman–Crippen MR) is 89.4 cm³/mol. The molecule has 2 aromatic rings. The molecule has 0 fully saturated rings. The number of hydrogen-bond acceptors (Lipinski definition) is 6. The summed E-state index contributed by atoms with van der Waals surface area (Å²) in [4.78, 5) is 45.3. The average Bonchev–Trinajstić information content (AvgIpc) is 2.56. The summed E-state index contributed by atoms with van der Waals surface area (Å²) in [6.07, 6.45) is -0.592. The van der Waals surface area contributed by atoms with Crippen LogP contribution in [-0.4, -0.2) is 49.3 Å². The van der Waals surface area contributed by atoms with Crippen molar-refractivity contribution in [3.63, 3.8) is 0 Å². The zero-order chi connectivity index (χ0) is 20.3. The molecule has 27 heavy (non-hydrogen) atoms. The highest BCUT2D eigenvalue weighted by atomic mass is 16.4. The third-order valence-corrected chi connectivity index (χ3v) is 3.53. The second-order valence-electron chi connectivity index (χ2n) is 5.39. The third-order valence-electron chi connectivity index (χ3n) is 3.53. The lowest BCUT2D eigenvalue weighted by atomic mass is 10.0. The number of carbonyl (C=O) groups excluding carboxylic acids is 1. The molecule has 0 aromatic heterocycles. The maximum atomic E-state index is 12.3. The van der Waals surface area contributed by atoms with Crippen molar-refractivity contribution in [3.05, 3.63) is 52.6 Å². The first-order valence-electron chi connectivity index (χ1n) is 7.28. The van der Waals surface area contributed by atoms with E-state index in [1.165, 1.54) is 0 Å². The second kappa shape index (κ2) is 7.44. The Kier molecular flexibility index (Phi) is 5.30. The first-order chi connectivity index (χ1) is 12.6. The van der Waals surface area contributed by atoms with Gasteiger partial charge in [-0.3, -0.25) is 9.59 Å². The highest BCUT2D eigenvalue weighted by Gasteiger charge is 2.20. The summed E-state index contributed by atoms with van der Waals surface area (Å²) in [5.74, 6) is -6.27. The smallest absolute Gasteiger partial charge is 0.337 e. The molecule has 10 nitrogen and oxygen atoms in total. The van der Waals surface area contributed by atoms with Gasteiger partial charge in [0.2, 0.25) is 0 Å². The van der Waals surface area contributed by atoms with Crippen LogP contribution in [0, 0.1) is 0 Å². The molecule has 0 saturated carbocycles. The van der Waals surface area contributed by atoms with Crippen LogP contribution >= 0.6 is 0 Å². The zero-order valence-corrected chi connectivity index (χ0v) is 13.5. The van der Waals surface area contributed by atoms with E-state index in [9.17, 15) is 29.4 Å². The van der Waals surface area contributed by atoms with Crippen molar-refractivity contribution in [3.8, 4) is 11.5 Å². The van der Waals surface area contributed by atoms with Crippen molar-refractivity contribution in [2.75, 3.05) is 5.32 Å². The minimum absolute atomic E-state index is 0.129. The lowest BCUT2D eigenvalue weighted by Crippen LogP contribution is -2.16. The van der Waals surface area contributed by atoms with E-state index < -0.39 is 47.3 Å². The van der Waals surface area contributed by atoms with E-state index >= 15 is 0 Å². The van der Waals surface area contributed by atoms with Gasteiger partial charge in [0.25, 0.3) is 5.91 Å². The Morgan fingerprint density at radius 2 is 1.48 bits per heavy atom. The Balaban J connectivity index is 2.41. The Labute approximate surface area is 150 Å². The van der Waals surface area contributed by atoms with Crippen molar-refractivity contribution in [1.29, 1.82) is 0 Å². The van der Waals surface area contributed by atoms with Crippen LogP contribution < -0.4 is 5.32 Å². The Hall–Kier alpha value is -4.08. The topological polar surface area (TPSA) is 181 Å². The van der Waals surface area contributed by atoms with Gasteiger partial charge in [-0.05, 0) is 30.3 Å². The van der Waals surface area contributed by atoms with Gasteiger partial charge in [0.05, 0.1) is 28.8 Å². The van der Waals surface area contributed by atoms with E-state index in [-0.39, 0.29) is 22.4 Å². The van der Waals surface area contributed by atoms with Gasteiger partial charge in [-0.1, -0.05) is 0 Å². The number of carbonyl (C=O) groups is 4. The number of nitrogens with one attached hydrogen (secondary N) is 1. The normalized spacial score (nSPS) is 10.2. The summed E-state index contributed by atoms with van der Waals surface area (Å²) in [5, 5.41) is 48.8. The van der Waals surface area contributed by atoms with Gasteiger partial charge in [-0.15, -0.1) is 0 Å². The van der Waals surface area contributed by atoms with Gasteiger partial charge < -0.3 is 30.8 Å². The fourth-order valence-electron chi connectivity index (χ4n) is 2.26. The highest BCUT2D eigenvalue weighted by Crippen LogP contribution is 2.29. The fraction of sp³-hybridized carbons (Fsp3) is 0.0588. The van der Waals surface area contributed by atoms with E-state index in [4.69, 9.17) is 15.3 Å². The van der Waals surface area contributed by atoms with Crippen molar-refractivity contribution in [1.82, 2.24) is 0 Å². The predicted octanol–water partition coefficient (Wildman–Crippen LogP) is 1.37. The number of aliphatic carboxylic acids is 1.